The van der Waals surface area contributed by atoms with Crippen molar-refractivity contribution in [2.45, 2.75) is 30.2 Å². The summed E-state index contributed by atoms with van der Waals surface area (Å²) in [6.45, 7) is 2.55. The van der Waals surface area contributed by atoms with Crippen molar-refractivity contribution in [3.8, 4) is 11.1 Å². The van der Waals surface area contributed by atoms with Crippen molar-refractivity contribution in [3.63, 3.8) is 0 Å². The summed E-state index contributed by atoms with van der Waals surface area (Å²) < 4.78 is 42.1. The Kier molecular flexibility index (Phi) is 5.13. The van der Waals surface area contributed by atoms with Crippen molar-refractivity contribution in [2.24, 2.45) is 5.92 Å². The Morgan fingerprint density at radius 2 is 1.55 bits per heavy atom. The van der Waals surface area contributed by atoms with Crippen LogP contribution in [-0.4, -0.2) is 19.3 Å². The molecule has 1 aliphatic carbocycles. The van der Waals surface area contributed by atoms with Crippen molar-refractivity contribution < 1.29 is 12.8 Å². The topological polar surface area (TPSA) is 37.4 Å². The summed E-state index contributed by atoms with van der Waals surface area (Å²) in [7, 11) is -3.79. The molecular formula is C24H20Cl2FNO2S. The first-order chi connectivity index (χ1) is 14.8. The zero-order valence-corrected chi connectivity index (χ0v) is 19.1. The van der Waals surface area contributed by atoms with Gasteiger partial charge in [0, 0.05) is 16.6 Å². The highest BCUT2D eigenvalue weighted by Gasteiger charge is 2.48. The molecular weight excluding hydrogens is 456 g/mol. The summed E-state index contributed by atoms with van der Waals surface area (Å²) in [4.78, 5) is 0.110. The highest BCUT2D eigenvalue weighted by Crippen LogP contribution is 2.55. The quantitative estimate of drug-likeness (QED) is 0.424. The number of sulfonamides is 1. The number of rotatable bonds is 3. The molecule has 2 unspecified atom stereocenters. The minimum atomic E-state index is -3.79. The third kappa shape index (κ3) is 3.48. The van der Waals surface area contributed by atoms with Crippen LogP contribution < -0.4 is 0 Å². The number of halogens is 3. The minimum Gasteiger partial charge on any atom is -0.207 e. The second-order valence-corrected chi connectivity index (χ2v) is 11.0. The molecule has 0 N–H and O–H groups in total. The lowest BCUT2D eigenvalue weighted by molar-refractivity contribution is 0.190. The van der Waals surface area contributed by atoms with E-state index in [-0.39, 0.29) is 22.7 Å². The SMILES string of the molecule is C[C@H]1C2CCN(S(=O)(=O)c3cc(Cl)cc(Cl)c3)C1c1cc(-c3ccc(F)cc3)ccc12. The van der Waals surface area contributed by atoms with Gasteiger partial charge in [-0.15, -0.1) is 0 Å². The second-order valence-electron chi connectivity index (χ2n) is 8.27. The van der Waals surface area contributed by atoms with E-state index in [9.17, 15) is 12.8 Å². The van der Waals surface area contributed by atoms with E-state index in [4.69, 9.17) is 23.2 Å². The molecule has 3 aromatic carbocycles. The normalized spacial score (nSPS) is 23.0. The first-order valence-corrected chi connectivity index (χ1v) is 12.3. The van der Waals surface area contributed by atoms with Crippen LogP contribution in [0, 0.1) is 11.7 Å². The molecule has 2 bridgehead atoms. The van der Waals surface area contributed by atoms with Gasteiger partial charge in [-0.05, 0) is 76.9 Å². The van der Waals surface area contributed by atoms with E-state index in [0.717, 1.165) is 23.1 Å². The summed E-state index contributed by atoms with van der Waals surface area (Å²) in [5.74, 6) is 0.181. The van der Waals surface area contributed by atoms with Crippen LogP contribution in [0.15, 0.2) is 65.6 Å². The molecule has 0 aromatic heterocycles. The maximum atomic E-state index is 13.6. The van der Waals surface area contributed by atoms with Crippen LogP contribution in [0.4, 0.5) is 4.39 Å². The van der Waals surface area contributed by atoms with E-state index in [0.29, 0.717) is 22.5 Å². The van der Waals surface area contributed by atoms with E-state index in [1.54, 1.807) is 16.4 Å². The van der Waals surface area contributed by atoms with Crippen molar-refractivity contribution in [2.75, 3.05) is 6.54 Å². The minimum absolute atomic E-state index is 0.110. The molecule has 0 saturated carbocycles. The van der Waals surface area contributed by atoms with Crippen molar-refractivity contribution in [1.29, 1.82) is 0 Å². The molecule has 0 radical (unpaired) electrons. The highest BCUT2D eigenvalue weighted by molar-refractivity contribution is 7.89. The highest BCUT2D eigenvalue weighted by atomic mass is 35.5. The largest absolute Gasteiger partial charge is 0.243 e. The number of hydrogen-bond acceptors (Lipinski definition) is 2. The van der Waals surface area contributed by atoms with E-state index in [1.807, 2.05) is 6.07 Å². The molecule has 3 nitrogen and oxygen atoms in total. The summed E-state index contributed by atoms with van der Waals surface area (Å²) in [5, 5.41) is 0.582. The van der Waals surface area contributed by atoms with Gasteiger partial charge in [-0.3, -0.25) is 0 Å². The number of fused-ring (bicyclic) bond motifs is 5. The number of piperidine rings is 1. The third-order valence-corrected chi connectivity index (χ3v) is 8.82. The van der Waals surface area contributed by atoms with Gasteiger partial charge in [0.1, 0.15) is 5.82 Å². The fourth-order valence-electron chi connectivity index (χ4n) is 5.10. The van der Waals surface area contributed by atoms with Crippen LogP contribution in [0.5, 0.6) is 0 Å². The molecule has 2 aliphatic rings. The molecule has 1 saturated heterocycles. The van der Waals surface area contributed by atoms with Crippen LogP contribution in [0.25, 0.3) is 11.1 Å². The lowest BCUT2D eigenvalue weighted by atomic mass is 9.87. The van der Waals surface area contributed by atoms with Gasteiger partial charge in [-0.25, -0.2) is 12.8 Å². The molecule has 1 fully saturated rings. The second kappa shape index (κ2) is 7.59. The zero-order chi connectivity index (χ0) is 21.9. The lowest BCUT2D eigenvalue weighted by Crippen LogP contribution is -2.41. The van der Waals surface area contributed by atoms with Gasteiger partial charge in [0.05, 0.1) is 10.9 Å². The molecule has 1 aliphatic heterocycles. The van der Waals surface area contributed by atoms with Crippen LogP contribution >= 0.6 is 23.2 Å². The predicted octanol–water partition coefficient (Wildman–Crippen LogP) is 6.67. The maximum Gasteiger partial charge on any atom is 0.243 e. The van der Waals surface area contributed by atoms with Crippen molar-refractivity contribution >= 4 is 33.2 Å². The molecule has 1 heterocycles. The van der Waals surface area contributed by atoms with Gasteiger partial charge >= 0.3 is 0 Å². The first kappa shape index (κ1) is 21.0. The van der Waals surface area contributed by atoms with Crippen LogP contribution in [0.2, 0.25) is 10.0 Å². The maximum absolute atomic E-state index is 13.6. The molecule has 3 aromatic rings. The first-order valence-electron chi connectivity index (χ1n) is 10.1. The monoisotopic (exact) mass is 475 g/mol. The molecule has 5 rings (SSSR count). The predicted molar refractivity (Wildman–Crippen MR) is 121 cm³/mol. The van der Waals surface area contributed by atoms with Gasteiger partial charge in [0.15, 0.2) is 0 Å². The fourth-order valence-corrected chi connectivity index (χ4v) is 7.53. The smallest absolute Gasteiger partial charge is 0.207 e. The Hall–Kier alpha value is -1.92. The Bertz CT molecular complexity index is 1260. The van der Waals surface area contributed by atoms with E-state index < -0.39 is 10.0 Å². The molecule has 0 amide bonds. The third-order valence-electron chi connectivity index (χ3n) is 6.53. The molecule has 7 heteroatoms. The Morgan fingerprint density at radius 3 is 2.23 bits per heavy atom. The summed E-state index contributed by atoms with van der Waals surface area (Å²) >= 11 is 12.2. The average molecular weight is 476 g/mol. The van der Waals surface area contributed by atoms with Crippen LogP contribution in [-0.2, 0) is 10.0 Å². The van der Waals surface area contributed by atoms with Gasteiger partial charge < -0.3 is 0 Å². The Balaban J connectivity index is 1.60. The van der Waals surface area contributed by atoms with E-state index in [1.165, 1.54) is 35.9 Å². The van der Waals surface area contributed by atoms with Gasteiger partial charge in [0.2, 0.25) is 10.0 Å². The van der Waals surface area contributed by atoms with Crippen molar-refractivity contribution in [3.05, 3.63) is 87.7 Å². The van der Waals surface area contributed by atoms with E-state index >= 15 is 0 Å². The van der Waals surface area contributed by atoms with Crippen LogP contribution in [0.3, 0.4) is 0 Å². The standard InChI is InChI=1S/C24H20Cl2FNO2S/c1-14-21-8-9-28(31(29,30)20-12-17(25)11-18(26)13-20)24(14)23-10-16(4-7-22(21)23)15-2-5-19(27)6-3-15/h2-7,10-14,21,24H,8-9H2,1H3/t14-,21?,24?/m0/s1. The summed E-state index contributed by atoms with van der Waals surface area (Å²) in [5.41, 5.74) is 4.06. The number of benzene rings is 3. The number of nitrogens with zero attached hydrogens (tertiary/aromatic N) is 1. The van der Waals surface area contributed by atoms with Gasteiger partial charge in [0.25, 0.3) is 0 Å². The Labute approximate surface area is 191 Å². The average Bonchev–Trinajstić information content (AvgIpc) is 2.88. The fraction of sp³-hybridized carbons (Fsp3) is 0.250. The van der Waals surface area contributed by atoms with Crippen LogP contribution in [0.1, 0.15) is 36.4 Å². The summed E-state index contributed by atoms with van der Waals surface area (Å²) in [6.07, 6.45) is 0.758. The van der Waals surface area contributed by atoms with Gasteiger partial charge in [-0.1, -0.05) is 54.4 Å². The summed E-state index contributed by atoms with van der Waals surface area (Å²) in [6, 6.07) is 16.7. The zero-order valence-electron chi connectivity index (χ0n) is 16.7. The molecule has 0 spiro atoms. The molecule has 31 heavy (non-hydrogen) atoms. The lowest BCUT2D eigenvalue weighted by Gasteiger charge is -2.37. The van der Waals surface area contributed by atoms with E-state index in [2.05, 4.69) is 19.1 Å². The molecule has 3 atom stereocenters. The van der Waals surface area contributed by atoms with Gasteiger partial charge in [-0.2, -0.15) is 4.31 Å². The Morgan fingerprint density at radius 1 is 0.903 bits per heavy atom. The molecule has 160 valence electrons. The van der Waals surface area contributed by atoms with Crippen molar-refractivity contribution in [1.82, 2.24) is 4.31 Å². The number of hydrogen-bond donors (Lipinski definition) is 0.